The summed E-state index contributed by atoms with van der Waals surface area (Å²) in [6.45, 7) is 3.22. The average Bonchev–Trinajstić information content (AvgIpc) is 2.77. The second kappa shape index (κ2) is 7.52. The molecule has 2 aromatic heterocycles. The van der Waals surface area contributed by atoms with Crippen molar-refractivity contribution in [3.8, 4) is 5.95 Å². The van der Waals surface area contributed by atoms with Crippen LogP contribution in [0.2, 0.25) is 0 Å². The molecule has 2 aromatic rings. The van der Waals surface area contributed by atoms with Crippen LogP contribution in [0.1, 0.15) is 18.4 Å². The van der Waals surface area contributed by atoms with Gasteiger partial charge in [0.2, 0.25) is 0 Å². The summed E-state index contributed by atoms with van der Waals surface area (Å²) in [5, 5.41) is 3.13. The van der Waals surface area contributed by atoms with E-state index in [0.29, 0.717) is 17.3 Å². The number of thioether (sulfide) groups is 1. The van der Waals surface area contributed by atoms with E-state index in [1.54, 1.807) is 17.8 Å². The fourth-order valence-electron chi connectivity index (χ4n) is 1.70. The van der Waals surface area contributed by atoms with Gasteiger partial charge in [0.1, 0.15) is 17.3 Å². The Morgan fingerprint density at radius 3 is 2.77 bits per heavy atom. The summed E-state index contributed by atoms with van der Waals surface area (Å²) in [7, 11) is 0. The van der Waals surface area contributed by atoms with Crippen LogP contribution in [0.3, 0.4) is 0 Å². The van der Waals surface area contributed by atoms with Gasteiger partial charge in [-0.3, -0.25) is 4.79 Å². The largest absolute Gasteiger partial charge is 0.428 e. The van der Waals surface area contributed by atoms with Crippen molar-refractivity contribution < 1.29 is 13.9 Å². The van der Waals surface area contributed by atoms with Crippen molar-refractivity contribution in [2.75, 3.05) is 11.6 Å². The van der Waals surface area contributed by atoms with Crippen LogP contribution in [0.4, 0.5) is 11.5 Å². The Labute approximate surface area is 149 Å². The number of furan rings is 1. The highest BCUT2D eigenvalue weighted by Gasteiger charge is 2.17. The monoisotopic (exact) mass is 448 g/mol. The molecule has 0 aliphatic heterocycles. The predicted molar refractivity (Wildman–Crippen MR) is 94.9 cm³/mol. The Morgan fingerprint density at radius 2 is 2.14 bits per heavy atom. The highest BCUT2D eigenvalue weighted by Crippen LogP contribution is 2.35. The number of hydrogen-bond acceptors (Lipinski definition) is 6. The third-order valence-electron chi connectivity index (χ3n) is 2.63. The quantitative estimate of drug-likeness (QED) is 0.645. The van der Waals surface area contributed by atoms with Gasteiger partial charge < -0.3 is 14.5 Å². The lowest BCUT2D eigenvalue weighted by Crippen LogP contribution is -2.03. The molecule has 0 aromatic carbocycles. The number of anilines is 2. The Morgan fingerprint density at radius 1 is 1.41 bits per heavy atom. The first kappa shape index (κ1) is 17.4. The van der Waals surface area contributed by atoms with Crippen molar-refractivity contribution in [2.24, 2.45) is 0 Å². The van der Waals surface area contributed by atoms with Gasteiger partial charge in [0.05, 0.1) is 15.9 Å². The zero-order valence-corrected chi connectivity index (χ0v) is 16.2. The molecule has 8 heteroatoms. The lowest BCUT2D eigenvalue weighted by Gasteiger charge is -2.09. The minimum Gasteiger partial charge on any atom is -0.428 e. The normalized spacial score (nSPS) is 10.6. The molecule has 0 amide bonds. The summed E-state index contributed by atoms with van der Waals surface area (Å²) >= 11 is 8.50. The molecule has 0 aliphatic rings. The van der Waals surface area contributed by atoms with Gasteiger partial charge in [0, 0.05) is 17.5 Å². The lowest BCUT2D eigenvalue weighted by atomic mass is 10.3. The van der Waals surface area contributed by atoms with E-state index in [2.05, 4.69) is 42.2 Å². The first-order chi connectivity index (χ1) is 10.4. The average molecular weight is 450 g/mol. The maximum Gasteiger partial charge on any atom is 0.317 e. The van der Waals surface area contributed by atoms with Crippen molar-refractivity contribution in [1.29, 1.82) is 0 Å². The summed E-state index contributed by atoms with van der Waals surface area (Å²) in [5.41, 5.74) is 1.40. The van der Waals surface area contributed by atoms with E-state index in [1.807, 2.05) is 19.2 Å². The van der Waals surface area contributed by atoms with E-state index in [9.17, 15) is 4.79 Å². The van der Waals surface area contributed by atoms with Crippen LogP contribution in [0.25, 0.3) is 0 Å². The molecule has 0 bridgehead atoms. The van der Waals surface area contributed by atoms with Gasteiger partial charge in [0.25, 0.3) is 0 Å². The Bertz CT molecular complexity index is 704. The second-order valence-corrected chi connectivity index (χ2v) is 7.03. The van der Waals surface area contributed by atoms with Crippen LogP contribution in [-0.2, 0) is 10.5 Å². The van der Waals surface area contributed by atoms with E-state index in [0.717, 1.165) is 20.4 Å². The number of nitrogens with one attached hydrogen (secondary N) is 1. The number of pyridine rings is 1. The predicted octanol–water partition coefficient (Wildman–Crippen LogP) is 5.04. The number of ether oxygens (including phenoxy) is 1. The minimum absolute atomic E-state index is 0.144. The molecule has 0 saturated carbocycles. The van der Waals surface area contributed by atoms with E-state index < -0.39 is 5.97 Å². The van der Waals surface area contributed by atoms with Crippen molar-refractivity contribution >= 4 is 61.1 Å². The molecule has 0 fully saturated rings. The summed E-state index contributed by atoms with van der Waals surface area (Å²) in [6.07, 6.45) is 1.97. The van der Waals surface area contributed by atoms with Crippen LogP contribution < -0.4 is 10.1 Å². The van der Waals surface area contributed by atoms with E-state index in [1.165, 1.54) is 6.92 Å². The Kier molecular flexibility index (Phi) is 5.94. The van der Waals surface area contributed by atoms with Crippen LogP contribution in [0.5, 0.6) is 5.95 Å². The maximum atomic E-state index is 11.2. The molecule has 0 saturated heterocycles. The van der Waals surface area contributed by atoms with E-state index in [4.69, 9.17) is 9.15 Å². The molecule has 0 atom stereocenters. The van der Waals surface area contributed by atoms with Gasteiger partial charge in [-0.25, -0.2) is 4.98 Å². The van der Waals surface area contributed by atoms with Gasteiger partial charge in [-0.15, -0.1) is 0 Å². The first-order valence-corrected chi connectivity index (χ1v) is 9.28. The number of aromatic nitrogens is 1. The molecule has 2 heterocycles. The molecule has 22 heavy (non-hydrogen) atoms. The van der Waals surface area contributed by atoms with Crippen molar-refractivity contribution in [3.63, 3.8) is 0 Å². The van der Waals surface area contributed by atoms with Gasteiger partial charge in [0.15, 0.2) is 0 Å². The van der Waals surface area contributed by atoms with Crippen LogP contribution >= 0.6 is 43.6 Å². The number of esters is 1. The molecule has 1 N–H and O–H groups in total. The maximum absolute atomic E-state index is 11.2. The smallest absolute Gasteiger partial charge is 0.317 e. The number of rotatable bonds is 5. The Hall–Kier alpha value is -0.990. The third kappa shape index (κ3) is 4.27. The summed E-state index contributed by atoms with van der Waals surface area (Å²) in [4.78, 5) is 15.7. The fraction of sp³-hybridized carbons (Fsp3) is 0.286. The van der Waals surface area contributed by atoms with Crippen molar-refractivity contribution in [1.82, 2.24) is 4.98 Å². The molecule has 0 aliphatic carbocycles. The van der Waals surface area contributed by atoms with Gasteiger partial charge in [-0.05, 0) is 51.1 Å². The van der Waals surface area contributed by atoms with Gasteiger partial charge in [-0.2, -0.15) is 11.8 Å². The Balaban J connectivity index is 2.35. The summed E-state index contributed by atoms with van der Waals surface area (Å²) in [6, 6.07) is 3.71. The highest BCUT2D eigenvalue weighted by molar-refractivity contribution is 9.11. The van der Waals surface area contributed by atoms with Gasteiger partial charge in [-0.1, -0.05) is 0 Å². The minimum atomic E-state index is -0.438. The number of aryl methyl sites for hydroxylation is 1. The molecule has 0 unspecified atom stereocenters. The number of hydrogen-bond donors (Lipinski definition) is 1. The number of carbonyl (C=O) groups excluding carboxylic acids is 1. The topological polar surface area (TPSA) is 64.4 Å². The molecule has 0 radical (unpaired) electrons. The van der Waals surface area contributed by atoms with Crippen LogP contribution in [0, 0.1) is 6.92 Å². The van der Waals surface area contributed by atoms with Crippen LogP contribution in [-0.4, -0.2) is 17.2 Å². The fourth-order valence-corrected chi connectivity index (χ4v) is 3.17. The van der Waals surface area contributed by atoms with Crippen molar-refractivity contribution in [2.45, 2.75) is 19.6 Å². The van der Waals surface area contributed by atoms with Gasteiger partial charge >= 0.3 is 11.9 Å². The molecule has 0 spiro atoms. The zero-order valence-electron chi connectivity index (χ0n) is 12.2. The number of nitrogens with zero attached hydrogens (tertiary/aromatic N) is 1. The summed E-state index contributed by atoms with van der Waals surface area (Å²) < 4.78 is 12.3. The van der Waals surface area contributed by atoms with E-state index in [-0.39, 0.29) is 5.95 Å². The molecular weight excluding hydrogens is 436 g/mol. The van der Waals surface area contributed by atoms with E-state index >= 15 is 0 Å². The third-order valence-corrected chi connectivity index (χ3v) is 4.61. The SMILES string of the molecule is CSCc1cc(Nc2nc(C)c(Br)cc2Br)c(OC(C)=O)o1. The van der Waals surface area contributed by atoms with Crippen LogP contribution in [0.15, 0.2) is 25.5 Å². The lowest BCUT2D eigenvalue weighted by molar-refractivity contribution is -0.133. The molecule has 5 nitrogen and oxygen atoms in total. The highest BCUT2D eigenvalue weighted by atomic mass is 79.9. The second-order valence-electron chi connectivity index (χ2n) is 4.45. The number of carbonyl (C=O) groups is 1. The van der Waals surface area contributed by atoms with Crippen molar-refractivity contribution in [3.05, 3.63) is 32.5 Å². The summed E-state index contributed by atoms with van der Waals surface area (Å²) in [5.74, 6) is 1.73. The number of halogens is 2. The molecule has 118 valence electrons. The standard InChI is InChI=1S/C14H14Br2N2O3S/c1-7-10(15)5-11(16)13(17-7)18-12-4-9(6-22-3)21-14(12)20-8(2)19/h4-5H,6H2,1-3H3,(H,17,18). The zero-order chi connectivity index (χ0) is 16.3. The molecular formula is C14H14Br2N2O3S. The first-order valence-electron chi connectivity index (χ1n) is 6.30. The molecule has 2 rings (SSSR count).